The van der Waals surface area contributed by atoms with E-state index in [4.69, 9.17) is 9.47 Å². The summed E-state index contributed by atoms with van der Waals surface area (Å²) < 4.78 is 35.3. The maximum Gasteiger partial charge on any atom is 0.278 e. The lowest BCUT2D eigenvalue weighted by atomic mass is 10.1. The first kappa shape index (κ1) is 22.2. The van der Waals surface area contributed by atoms with Crippen LogP contribution in [-0.2, 0) is 9.53 Å². The normalized spacial score (nSPS) is 12.2. The first-order chi connectivity index (χ1) is 13.7. The van der Waals surface area contributed by atoms with Crippen LogP contribution in [0.4, 0.5) is 14.6 Å². The lowest BCUT2D eigenvalue weighted by Crippen LogP contribution is -2.27. The van der Waals surface area contributed by atoms with Gasteiger partial charge in [-0.1, -0.05) is 6.07 Å². The zero-order chi connectivity index (χ0) is 21.4. The van der Waals surface area contributed by atoms with Gasteiger partial charge in [-0.25, -0.2) is 18.7 Å². The van der Waals surface area contributed by atoms with Crippen molar-refractivity contribution in [2.75, 3.05) is 25.6 Å². The van der Waals surface area contributed by atoms with E-state index in [1.54, 1.807) is 13.0 Å². The zero-order valence-electron chi connectivity index (χ0n) is 16.2. The molecule has 0 saturated carbocycles. The minimum Gasteiger partial charge on any atom is -0.471 e. The number of carbonyl (C=O) groups is 2. The molecule has 2 rings (SSSR count). The van der Waals surface area contributed by atoms with Gasteiger partial charge in [-0.15, -0.1) is 0 Å². The molecule has 0 fully saturated rings. The van der Waals surface area contributed by atoms with Crippen molar-refractivity contribution in [2.45, 2.75) is 25.8 Å². The predicted octanol–water partition coefficient (Wildman–Crippen LogP) is 2.59. The molecule has 0 spiro atoms. The Balaban J connectivity index is 1.97. The maximum atomic E-state index is 12.8. The largest absolute Gasteiger partial charge is 0.471 e. The molecule has 0 radical (unpaired) electrons. The van der Waals surface area contributed by atoms with Crippen LogP contribution < -0.4 is 15.4 Å². The molecular formula is C19H22F2N4O4. The number of hydrogen-bond acceptors (Lipinski definition) is 6. The van der Waals surface area contributed by atoms with Gasteiger partial charge >= 0.3 is 0 Å². The Morgan fingerprint density at radius 3 is 2.62 bits per heavy atom. The molecular weight excluding hydrogens is 386 g/mol. The number of nitrogens with zero attached hydrogens (tertiary/aromatic N) is 2. The van der Waals surface area contributed by atoms with Crippen LogP contribution in [0.5, 0.6) is 5.88 Å². The summed E-state index contributed by atoms with van der Waals surface area (Å²) in [6, 6.07) is 5.63. The number of ether oxygens (including phenoxy) is 2. The van der Waals surface area contributed by atoms with E-state index in [9.17, 15) is 18.4 Å². The second kappa shape index (κ2) is 9.87. The van der Waals surface area contributed by atoms with Crippen molar-refractivity contribution in [3.8, 4) is 5.88 Å². The molecule has 8 nitrogen and oxygen atoms in total. The average molecular weight is 408 g/mol. The first-order valence-electron chi connectivity index (χ1n) is 8.70. The molecule has 0 aliphatic carbocycles. The van der Waals surface area contributed by atoms with Crippen LogP contribution in [0.3, 0.4) is 0 Å². The molecule has 0 aliphatic heterocycles. The number of halogens is 2. The minimum absolute atomic E-state index is 0.0689. The number of pyridine rings is 2. The summed E-state index contributed by atoms with van der Waals surface area (Å²) in [4.78, 5) is 32.0. The highest BCUT2D eigenvalue weighted by molar-refractivity contribution is 5.96. The van der Waals surface area contributed by atoms with Crippen molar-refractivity contribution < 1.29 is 27.8 Å². The fourth-order valence-electron chi connectivity index (χ4n) is 2.25. The monoisotopic (exact) mass is 408 g/mol. The summed E-state index contributed by atoms with van der Waals surface area (Å²) in [5, 5.41) is 5.31. The molecule has 0 aliphatic rings. The van der Waals surface area contributed by atoms with Crippen LogP contribution in [0.2, 0.25) is 0 Å². The third-order valence-corrected chi connectivity index (χ3v) is 3.65. The minimum atomic E-state index is -2.95. The summed E-state index contributed by atoms with van der Waals surface area (Å²) in [7, 11) is 1.39. The van der Waals surface area contributed by atoms with E-state index >= 15 is 0 Å². The number of rotatable bonds is 9. The molecule has 1 unspecified atom stereocenters. The highest BCUT2D eigenvalue weighted by Crippen LogP contribution is 2.18. The molecule has 0 saturated heterocycles. The van der Waals surface area contributed by atoms with Crippen molar-refractivity contribution in [1.29, 1.82) is 0 Å². The summed E-state index contributed by atoms with van der Waals surface area (Å²) in [6.07, 6.45) is 2.84. The van der Waals surface area contributed by atoms with Gasteiger partial charge in [0.2, 0.25) is 5.88 Å². The number of carbonyl (C=O) groups excluding carboxylic acids is 2. The second-order valence-electron chi connectivity index (χ2n) is 6.39. The van der Waals surface area contributed by atoms with Gasteiger partial charge in [0.15, 0.2) is 6.61 Å². The molecule has 2 heterocycles. The number of amides is 2. The van der Waals surface area contributed by atoms with Crippen LogP contribution >= 0.6 is 0 Å². The van der Waals surface area contributed by atoms with Gasteiger partial charge in [-0.05, 0) is 24.6 Å². The molecule has 2 aromatic rings. The van der Waals surface area contributed by atoms with Gasteiger partial charge in [-0.2, -0.15) is 0 Å². The van der Waals surface area contributed by atoms with E-state index in [1.165, 1.54) is 37.7 Å². The number of methoxy groups -OCH3 is 1. The fraction of sp³-hybridized carbons (Fsp3) is 0.368. The van der Waals surface area contributed by atoms with Gasteiger partial charge in [0, 0.05) is 38.1 Å². The first-order valence-corrected chi connectivity index (χ1v) is 8.70. The molecule has 0 aromatic carbocycles. The molecule has 156 valence electrons. The molecule has 29 heavy (non-hydrogen) atoms. The zero-order valence-corrected chi connectivity index (χ0v) is 16.2. The van der Waals surface area contributed by atoms with Crippen molar-refractivity contribution in [1.82, 2.24) is 15.3 Å². The van der Waals surface area contributed by atoms with Gasteiger partial charge in [0.1, 0.15) is 12.4 Å². The Kier molecular flexibility index (Phi) is 7.54. The van der Waals surface area contributed by atoms with Gasteiger partial charge < -0.3 is 20.1 Å². The summed E-state index contributed by atoms with van der Waals surface area (Å²) in [5.74, 6) is -3.43. The molecule has 0 bridgehead atoms. The maximum absolute atomic E-state index is 12.8. The van der Waals surface area contributed by atoms with E-state index in [2.05, 4.69) is 20.6 Å². The number of alkyl halides is 2. The van der Waals surface area contributed by atoms with Crippen molar-refractivity contribution in [2.24, 2.45) is 0 Å². The van der Waals surface area contributed by atoms with Gasteiger partial charge in [0.05, 0.1) is 6.04 Å². The lowest BCUT2D eigenvalue weighted by Gasteiger charge is -2.15. The van der Waals surface area contributed by atoms with Gasteiger partial charge in [0.25, 0.3) is 17.7 Å². The predicted molar refractivity (Wildman–Crippen MR) is 101 cm³/mol. The third kappa shape index (κ3) is 7.41. The molecule has 2 aromatic heterocycles. The van der Waals surface area contributed by atoms with Crippen molar-refractivity contribution in [3.05, 3.63) is 47.8 Å². The van der Waals surface area contributed by atoms with E-state index in [0.29, 0.717) is 11.1 Å². The molecule has 10 heteroatoms. The Morgan fingerprint density at radius 1 is 1.24 bits per heavy atom. The third-order valence-electron chi connectivity index (χ3n) is 3.65. The number of nitrogens with one attached hydrogen (secondary N) is 2. The number of hydrogen-bond donors (Lipinski definition) is 2. The lowest BCUT2D eigenvalue weighted by molar-refractivity contribution is -0.119. The van der Waals surface area contributed by atoms with Crippen LogP contribution in [0.15, 0.2) is 36.7 Å². The highest BCUT2D eigenvalue weighted by Gasteiger charge is 2.22. The second-order valence-corrected chi connectivity index (χ2v) is 6.39. The van der Waals surface area contributed by atoms with Crippen molar-refractivity contribution in [3.63, 3.8) is 0 Å². The number of aromatic nitrogens is 2. The SMILES string of the molecule is COCC(=O)Nc1cc(C(=O)NC(C)c2ccc(OCC(C)(F)F)nc2)ccn1. The molecule has 2 amide bonds. The van der Waals surface area contributed by atoms with Gasteiger partial charge in [-0.3, -0.25) is 9.59 Å². The summed E-state index contributed by atoms with van der Waals surface area (Å²) in [6.45, 7) is 1.61. The standard InChI is InChI=1S/C19H22F2N4O4/c1-12(14-4-5-17(23-9-14)29-11-19(2,20)21)24-18(27)13-6-7-22-15(8-13)25-16(26)10-28-3/h4-9,12H,10-11H2,1-3H3,(H,24,27)(H,22,25,26). The molecule has 2 N–H and O–H groups in total. The van der Waals surface area contributed by atoms with E-state index < -0.39 is 18.6 Å². The van der Waals surface area contributed by atoms with E-state index in [-0.39, 0.29) is 30.1 Å². The summed E-state index contributed by atoms with van der Waals surface area (Å²) in [5.41, 5.74) is 0.967. The van der Waals surface area contributed by atoms with Crippen LogP contribution in [0.25, 0.3) is 0 Å². The van der Waals surface area contributed by atoms with Crippen LogP contribution in [0, 0.1) is 0 Å². The Bertz CT molecular complexity index is 841. The van der Waals surface area contributed by atoms with Crippen molar-refractivity contribution >= 4 is 17.6 Å². The molecule has 1 atom stereocenters. The number of anilines is 1. The quantitative estimate of drug-likeness (QED) is 0.661. The Morgan fingerprint density at radius 2 is 2.00 bits per heavy atom. The van der Waals surface area contributed by atoms with Crippen LogP contribution in [-0.4, -0.2) is 48.0 Å². The van der Waals surface area contributed by atoms with E-state index in [1.807, 2.05) is 0 Å². The summed E-state index contributed by atoms with van der Waals surface area (Å²) >= 11 is 0. The Hall–Kier alpha value is -3.14. The average Bonchev–Trinajstić information content (AvgIpc) is 2.66. The smallest absolute Gasteiger partial charge is 0.278 e. The van der Waals surface area contributed by atoms with E-state index in [0.717, 1.165) is 6.92 Å². The fourth-order valence-corrected chi connectivity index (χ4v) is 2.25. The topological polar surface area (TPSA) is 102 Å². The highest BCUT2D eigenvalue weighted by atomic mass is 19.3. The Labute approximate surface area is 166 Å². The van der Waals surface area contributed by atoms with Crippen LogP contribution in [0.1, 0.15) is 35.8 Å².